The molecule has 2 N–H and O–H groups in total. The Balaban J connectivity index is 2.29. The molecule has 3 aromatic rings. The molecule has 1 aromatic carbocycles. The minimum atomic E-state index is -0.156. The number of ketones is 1. The van der Waals surface area contributed by atoms with E-state index in [-0.39, 0.29) is 12.2 Å². The van der Waals surface area contributed by atoms with Crippen molar-refractivity contribution in [2.45, 2.75) is 6.42 Å². The zero-order valence-corrected chi connectivity index (χ0v) is 10.1. The molecule has 4 heteroatoms. The van der Waals surface area contributed by atoms with Crippen LogP contribution in [0.4, 0.5) is 0 Å². The number of carbonyl (C=O) groups is 1. The number of aromatic nitrogens is 2. The Morgan fingerprint density at radius 1 is 1.26 bits per heavy atom. The fourth-order valence-corrected chi connectivity index (χ4v) is 2.29. The maximum absolute atomic E-state index is 12.2. The van der Waals surface area contributed by atoms with E-state index in [0.29, 0.717) is 5.56 Å². The fraction of sp³-hybridized carbons (Fsp3) is 0.0667. The van der Waals surface area contributed by atoms with Gasteiger partial charge in [-0.2, -0.15) is 5.26 Å². The Kier molecular flexibility index (Phi) is 2.66. The van der Waals surface area contributed by atoms with Crippen LogP contribution in [0.25, 0.3) is 22.2 Å². The molecular formula is C15H11N3O. The Hall–Kier alpha value is -2.80. The Labute approximate surface area is 109 Å². The average molecular weight is 249 g/mol. The predicted octanol–water partition coefficient (Wildman–Crippen LogP) is 3.26. The first-order chi connectivity index (χ1) is 9.31. The lowest BCUT2D eigenvalue weighted by molar-refractivity contribution is 0.1000. The zero-order chi connectivity index (χ0) is 13.2. The fourth-order valence-electron chi connectivity index (χ4n) is 2.29. The number of carbonyl (C=O) groups excluding carboxylic acids is 1. The van der Waals surface area contributed by atoms with Gasteiger partial charge in [0.2, 0.25) is 0 Å². The molecule has 0 atom stereocenters. The third-order valence-electron chi connectivity index (χ3n) is 3.11. The molecule has 92 valence electrons. The lowest BCUT2D eigenvalue weighted by Gasteiger charge is -1.99. The smallest absolute Gasteiger partial charge is 0.179 e. The van der Waals surface area contributed by atoms with Crippen LogP contribution >= 0.6 is 0 Å². The first kappa shape index (κ1) is 11.3. The topological polar surface area (TPSA) is 72.4 Å². The van der Waals surface area contributed by atoms with Crippen LogP contribution in [-0.2, 0) is 0 Å². The van der Waals surface area contributed by atoms with Gasteiger partial charge in [0.15, 0.2) is 5.78 Å². The first-order valence-electron chi connectivity index (χ1n) is 5.95. The van der Waals surface area contributed by atoms with Gasteiger partial charge in [0.05, 0.1) is 23.7 Å². The standard InChI is InChI=1S/C15H11N3O/c16-7-5-13(19)14-11-3-1-2-4-12(11)18-15(14)10-6-8-17-9-10/h1-4,6,8-9,17-18H,5H2. The molecule has 0 saturated heterocycles. The number of rotatable bonds is 3. The summed E-state index contributed by atoms with van der Waals surface area (Å²) in [5, 5.41) is 9.60. The van der Waals surface area contributed by atoms with Crippen molar-refractivity contribution in [1.82, 2.24) is 9.97 Å². The number of hydrogen-bond acceptors (Lipinski definition) is 2. The quantitative estimate of drug-likeness (QED) is 0.699. The van der Waals surface area contributed by atoms with Gasteiger partial charge in [-0.25, -0.2) is 0 Å². The summed E-state index contributed by atoms with van der Waals surface area (Å²) in [4.78, 5) is 18.4. The maximum Gasteiger partial charge on any atom is 0.179 e. The van der Waals surface area contributed by atoms with E-state index in [4.69, 9.17) is 5.26 Å². The lowest BCUT2D eigenvalue weighted by Crippen LogP contribution is -1.98. The molecule has 0 aliphatic heterocycles. The third-order valence-corrected chi connectivity index (χ3v) is 3.11. The van der Waals surface area contributed by atoms with E-state index < -0.39 is 0 Å². The number of para-hydroxylation sites is 1. The molecule has 0 radical (unpaired) electrons. The van der Waals surface area contributed by atoms with Crippen molar-refractivity contribution in [3.63, 3.8) is 0 Å². The largest absolute Gasteiger partial charge is 0.367 e. The highest BCUT2D eigenvalue weighted by Crippen LogP contribution is 2.30. The van der Waals surface area contributed by atoms with Crippen molar-refractivity contribution >= 4 is 16.7 Å². The van der Waals surface area contributed by atoms with Gasteiger partial charge in [0, 0.05) is 28.9 Å². The molecule has 0 aliphatic rings. The monoisotopic (exact) mass is 249 g/mol. The van der Waals surface area contributed by atoms with Gasteiger partial charge in [-0.3, -0.25) is 4.79 Å². The highest BCUT2D eigenvalue weighted by Gasteiger charge is 2.19. The van der Waals surface area contributed by atoms with Crippen molar-refractivity contribution in [1.29, 1.82) is 5.26 Å². The van der Waals surface area contributed by atoms with Crippen molar-refractivity contribution in [3.8, 4) is 17.3 Å². The van der Waals surface area contributed by atoms with E-state index >= 15 is 0 Å². The van der Waals surface area contributed by atoms with E-state index in [1.807, 2.05) is 42.6 Å². The molecule has 2 heterocycles. The van der Waals surface area contributed by atoms with E-state index in [9.17, 15) is 4.79 Å². The minimum absolute atomic E-state index is 0.112. The van der Waals surface area contributed by atoms with Crippen LogP contribution in [0.2, 0.25) is 0 Å². The summed E-state index contributed by atoms with van der Waals surface area (Å²) in [6.45, 7) is 0. The van der Waals surface area contributed by atoms with Crippen LogP contribution in [0.1, 0.15) is 16.8 Å². The van der Waals surface area contributed by atoms with Gasteiger partial charge < -0.3 is 9.97 Å². The molecule has 4 nitrogen and oxygen atoms in total. The molecule has 3 rings (SSSR count). The number of nitriles is 1. The summed E-state index contributed by atoms with van der Waals surface area (Å²) >= 11 is 0. The van der Waals surface area contributed by atoms with Crippen LogP contribution in [0, 0.1) is 11.3 Å². The first-order valence-corrected chi connectivity index (χ1v) is 5.95. The summed E-state index contributed by atoms with van der Waals surface area (Å²) in [5.41, 5.74) is 3.18. The Bertz CT molecular complexity index is 775. The molecule has 0 amide bonds. The Morgan fingerprint density at radius 3 is 2.84 bits per heavy atom. The van der Waals surface area contributed by atoms with Gasteiger partial charge in [0.25, 0.3) is 0 Å². The molecule has 0 bridgehead atoms. The number of hydrogen-bond donors (Lipinski definition) is 2. The number of benzene rings is 1. The van der Waals surface area contributed by atoms with E-state index in [0.717, 1.165) is 22.2 Å². The molecule has 0 fully saturated rings. The molecule has 0 aliphatic carbocycles. The molecule has 0 saturated carbocycles. The zero-order valence-electron chi connectivity index (χ0n) is 10.1. The SMILES string of the molecule is N#CCC(=O)c1c(-c2cc[nH]c2)[nH]c2ccccc12. The van der Waals surface area contributed by atoms with Gasteiger partial charge in [-0.15, -0.1) is 0 Å². The van der Waals surface area contributed by atoms with Crippen molar-refractivity contribution in [3.05, 3.63) is 48.3 Å². The maximum atomic E-state index is 12.2. The van der Waals surface area contributed by atoms with Gasteiger partial charge in [-0.1, -0.05) is 18.2 Å². The van der Waals surface area contributed by atoms with Crippen LogP contribution in [0.5, 0.6) is 0 Å². The van der Waals surface area contributed by atoms with E-state index in [1.54, 1.807) is 6.20 Å². The highest BCUT2D eigenvalue weighted by molar-refractivity contribution is 6.13. The Morgan fingerprint density at radius 2 is 2.11 bits per heavy atom. The van der Waals surface area contributed by atoms with E-state index in [2.05, 4.69) is 9.97 Å². The number of nitrogens with zero attached hydrogens (tertiary/aromatic N) is 1. The summed E-state index contributed by atoms with van der Waals surface area (Å²) in [7, 11) is 0. The number of H-pyrrole nitrogens is 2. The molecule has 2 aromatic heterocycles. The number of fused-ring (bicyclic) bond motifs is 1. The summed E-state index contributed by atoms with van der Waals surface area (Å²) in [6.07, 6.45) is 3.52. The minimum Gasteiger partial charge on any atom is -0.367 e. The molecular weight excluding hydrogens is 238 g/mol. The van der Waals surface area contributed by atoms with Crippen molar-refractivity contribution in [2.24, 2.45) is 0 Å². The second-order valence-corrected chi connectivity index (χ2v) is 4.28. The van der Waals surface area contributed by atoms with Gasteiger partial charge >= 0.3 is 0 Å². The lowest BCUT2D eigenvalue weighted by atomic mass is 10.0. The second-order valence-electron chi connectivity index (χ2n) is 4.28. The summed E-state index contributed by atoms with van der Waals surface area (Å²) < 4.78 is 0. The molecule has 0 spiro atoms. The van der Waals surface area contributed by atoms with Crippen LogP contribution < -0.4 is 0 Å². The van der Waals surface area contributed by atoms with E-state index in [1.165, 1.54) is 0 Å². The van der Waals surface area contributed by atoms with Crippen molar-refractivity contribution in [2.75, 3.05) is 0 Å². The molecule has 19 heavy (non-hydrogen) atoms. The number of Topliss-reactive ketones (excluding diaryl/α,β-unsaturated/α-hetero) is 1. The number of nitrogens with one attached hydrogen (secondary N) is 2. The normalized spacial score (nSPS) is 10.5. The van der Waals surface area contributed by atoms with Crippen molar-refractivity contribution < 1.29 is 4.79 Å². The van der Waals surface area contributed by atoms with Gasteiger partial charge in [0.1, 0.15) is 0 Å². The summed E-state index contributed by atoms with van der Waals surface area (Å²) in [6, 6.07) is 11.4. The highest BCUT2D eigenvalue weighted by atomic mass is 16.1. The predicted molar refractivity (Wildman–Crippen MR) is 72.6 cm³/mol. The number of aromatic amines is 2. The second kappa shape index (κ2) is 4.46. The average Bonchev–Trinajstić information content (AvgIpc) is 3.06. The third kappa shape index (κ3) is 1.81. The summed E-state index contributed by atoms with van der Waals surface area (Å²) in [5.74, 6) is -0.156. The molecule has 0 unspecified atom stereocenters. The van der Waals surface area contributed by atoms with Crippen LogP contribution in [0.3, 0.4) is 0 Å². The van der Waals surface area contributed by atoms with Gasteiger partial charge in [-0.05, 0) is 12.1 Å². The van der Waals surface area contributed by atoms with Crippen LogP contribution in [0.15, 0.2) is 42.7 Å². The van der Waals surface area contributed by atoms with Crippen LogP contribution in [-0.4, -0.2) is 15.8 Å².